The summed E-state index contributed by atoms with van der Waals surface area (Å²) in [5, 5.41) is 12.1. The molecule has 0 radical (unpaired) electrons. The van der Waals surface area contributed by atoms with Gasteiger partial charge in [-0.2, -0.15) is 0 Å². The molecule has 0 bridgehead atoms. The number of rotatable bonds is 4. The molecule has 1 heterocycles. The summed E-state index contributed by atoms with van der Waals surface area (Å²) in [4.78, 5) is 2.55. The van der Waals surface area contributed by atoms with Crippen molar-refractivity contribution in [2.24, 2.45) is 5.92 Å². The van der Waals surface area contributed by atoms with Crippen LogP contribution in [0.25, 0.3) is 0 Å². The van der Waals surface area contributed by atoms with E-state index in [0.717, 1.165) is 49.4 Å². The summed E-state index contributed by atoms with van der Waals surface area (Å²) in [6, 6.07) is 16.4. The number of hydrogen-bond acceptors (Lipinski definition) is 3. The quantitative estimate of drug-likeness (QED) is 0.904. The lowest BCUT2D eigenvalue weighted by Crippen LogP contribution is -2.47. The van der Waals surface area contributed by atoms with Gasteiger partial charge in [0.15, 0.2) is 0 Å². The molecular formula is C23H29NO2. The van der Waals surface area contributed by atoms with Gasteiger partial charge < -0.3 is 14.7 Å². The first-order chi connectivity index (χ1) is 12.7. The first-order valence-electron chi connectivity index (χ1n) is 9.89. The number of aryl methyl sites for hydroxylation is 1. The average Bonchev–Trinajstić information content (AvgIpc) is 2.71. The third-order valence-electron chi connectivity index (χ3n) is 6.22. The largest absolute Gasteiger partial charge is 0.497 e. The van der Waals surface area contributed by atoms with Crippen molar-refractivity contribution in [2.45, 2.75) is 37.7 Å². The molecule has 3 heteroatoms. The highest BCUT2D eigenvalue weighted by molar-refractivity contribution is 5.46. The third-order valence-corrected chi connectivity index (χ3v) is 6.22. The lowest BCUT2D eigenvalue weighted by Gasteiger charge is -2.44. The van der Waals surface area contributed by atoms with Gasteiger partial charge >= 0.3 is 0 Å². The van der Waals surface area contributed by atoms with Crippen LogP contribution < -0.4 is 4.74 Å². The molecule has 2 unspecified atom stereocenters. The maximum Gasteiger partial charge on any atom is 0.119 e. The van der Waals surface area contributed by atoms with Crippen LogP contribution in [0.4, 0.5) is 0 Å². The third kappa shape index (κ3) is 3.15. The smallest absolute Gasteiger partial charge is 0.119 e. The minimum absolute atomic E-state index is 0.197. The summed E-state index contributed by atoms with van der Waals surface area (Å²) in [5.74, 6) is 0.998. The topological polar surface area (TPSA) is 32.7 Å². The fourth-order valence-electron chi connectivity index (χ4n) is 4.80. The van der Waals surface area contributed by atoms with Gasteiger partial charge in [0.25, 0.3) is 0 Å². The summed E-state index contributed by atoms with van der Waals surface area (Å²) in [7, 11) is 1.68. The van der Waals surface area contributed by atoms with Crippen molar-refractivity contribution in [3.63, 3.8) is 0 Å². The maximum atomic E-state index is 12.1. The normalized spacial score (nSPS) is 26.3. The van der Waals surface area contributed by atoms with Gasteiger partial charge in [0.2, 0.25) is 0 Å². The molecule has 0 amide bonds. The van der Waals surface area contributed by atoms with E-state index < -0.39 is 5.60 Å². The average molecular weight is 351 g/mol. The van der Waals surface area contributed by atoms with E-state index in [-0.39, 0.29) is 5.92 Å². The fourth-order valence-corrected chi connectivity index (χ4v) is 4.80. The molecule has 2 aliphatic rings. The molecule has 2 atom stereocenters. The number of piperidine rings is 1. The predicted octanol–water partition coefficient (Wildman–Crippen LogP) is 3.98. The number of ether oxygens (including phenoxy) is 1. The van der Waals surface area contributed by atoms with Crippen LogP contribution in [0.3, 0.4) is 0 Å². The number of aliphatic hydroxyl groups is 1. The van der Waals surface area contributed by atoms with Gasteiger partial charge in [0.1, 0.15) is 11.4 Å². The second-order valence-corrected chi connectivity index (χ2v) is 7.75. The molecule has 3 nitrogen and oxygen atoms in total. The Hall–Kier alpha value is -1.84. The second-order valence-electron chi connectivity index (χ2n) is 7.75. The van der Waals surface area contributed by atoms with Crippen LogP contribution in [0.2, 0.25) is 0 Å². The molecule has 0 saturated carbocycles. The lowest BCUT2D eigenvalue weighted by molar-refractivity contribution is -0.0144. The van der Waals surface area contributed by atoms with Crippen molar-refractivity contribution in [3.8, 4) is 5.75 Å². The molecule has 1 aliphatic carbocycles. The zero-order valence-electron chi connectivity index (χ0n) is 15.7. The summed E-state index contributed by atoms with van der Waals surface area (Å²) in [6.45, 7) is 3.28. The highest BCUT2D eigenvalue weighted by atomic mass is 16.5. The number of hydrogen-bond donors (Lipinski definition) is 1. The molecule has 26 heavy (non-hydrogen) atoms. The van der Waals surface area contributed by atoms with E-state index in [0.29, 0.717) is 0 Å². The number of fused-ring (bicyclic) bond motifs is 1. The summed E-state index contributed by atoms with van der Waals surface area (Å²) < 4.78 is 5.44. The van der Waals surface area contributed by atoms with E-state index in [2.05, 4.69) is 23.1 Å². The number of benzene rings is 2. The Balaban J connectivity index is 1.75. The van der Waals surface area contributed by atoms with Crippen molar-refractivity contribution < 1.29 is 9.84 Å². The Morgan fingerprint density at radius 3 is 2.69 bits per heavy atom. The van der Waals surface area contributed by atoms with E-state index in [9.17, 15) is 5.11 Å². The van der Waals surface area contributed by atoms with Crippen LogP contribution in [0.15, 0.2) is 48.5 Å². The first kappa shape index (κ1) is 17.6. The summed E-state index contributed by atoms with van der Waals surface area (Å²) in [6.07, 6.45) is 5.95. The molecule has 4 rings (SSSR count). The minimum Gasteiger partial charge on any atom is -0.497 e. The van der Waals surface area contributed by atoms with Crippen LogP contribution in [0.5, 0.6) is 5.75 Å². The molecule has 2 aromatic rings. The van der Waals surface area contributed by atoms with Crippen LogP contribution in [0, 0.1) is 5.92 Å². The van der Waals surface area contributed by atoms with Crippen molar-refractivity contribution in [3.05, 3.63) is 65.2 Å². The molecule has 0 spiro atoms. The lowest BCUT2D eigenvalue weighted by atomic mass is 9.68. The molecular weight excluding hydrogens is 322 g/mol. The van der Waals surface area contributed by atoms with Crippen molar-refractivity contribution in [2.75, 3.05) is 26.7 Å². The highest BCUT2D eigenvalue weighted by Crippen LogP contribution is 2.45. The minimum atomic E-state index is -0.958. The second kappa shape index (κ2) is 7.42. The Morgan fingerprint density at radius 1 is 1.08 bits per heavy atom. The SMILES string of the molecule is COc1cccc(C2(O)c3ccccc3CCC2CN2CCCCC2)c1. The Bertz CT molecular complexity index is 753. The first-order valence-corrected chi connectivity index (χ1v) is 9.89. The number of methoxy groups -OCH3 is 1. The molecule has 0 aromatic heterocycles. The zero-order chi connectivity index (χ0) is 18.0. The number of nitrogens with zero attached hydrogens (tertiary/aromatic N) is 1. The van der Waals surface area contributed by atoms with E-state index in [1.807, 2.05) is 30.3 Å². The summed E-state index contributed by atoms with van der Waals surface area (Å²) >= 11 is 0. The van der Waals surface area contributed by atoms with Gasteiger partial charge in [-0.1, -0.05) is 42.8 Å². The van der Waals surface area contributed by atoms with Gasteiger partial charge in [-0.3, -0.25) is 0 Å². The monoisotopic (exact) mass is 351 g/mol. The van der Waals surface area contributed by atoms with Gasteiger partial charge in [-0.05, 0) is 67.6 Å². The van der Waals surface area contributed by atoms with E-state index in [4.69, 9.17) is 4.74 Å². The van der Waals surface area contributed by atoms with E-state index >= 15 is 0 Å². The summed E-state index contributed by atoms with van der Waals surface area (Å²) in [5.41, 5.74) is 2.33. The molecule has 2 aromatic carbocycles. The van der Waals surface area contributed by atoms with Gasteiger partial charge in [-0.15, -0.1) is 0 Å². The molecule has 1 saturated heterocycles. The molecule has 1 fully saturated rings. The Morgan fingerprint density at radius 2 is 1.88 bits per heavy atom. The highest BCUT2D eigenvalue weighted by Gasteiger charge is 2.44. The number of likely N-dealkylation sites (tertiary alicyclic amines) is 1. The predicted molar refractivity (Wildman–Crippen MR) is 105 cm³/mol. The van der Waals surface area contributed by atoms with Crippen molar-refractivity contribution >= 4 is 0 Å². The van der Waals surface area contributed by atoms with Gasteiger partial charge in [0.05, 0.1) is 7.11 Å². The van der Waals surface area contributed by atoms with Crippen LogP contribution >= 0.6 is 0 Å². The fraction of sp³-hybridized carbons (Fsp3) is 0.478. The Labute approximate surface area is 156 Å². The van der Waals surface area contributed by atoms with Gasteiger partial charge in [-0.25, -0.2) is 0 Å². The van der Waals surface area contributed by atoms with Crippen LogP contribution in [-0.2, 0) is 12.0 Å². The Kier molecular flexibility index (Phi) is 5.01. The maximum absolute atomic E-state index is 12.1. The standard InChI is InChI=1S/C23H29NO2/c1-26-21-10-7-9-19(16-21)23(25)20(17-24-14-5-2-6-15-24)13-12-18-8-3-4-11-22(18)23/h3-4,7-11,16,20,25H,2,5-6,12-15,17H2,1H3. The van der Waals surface area contributed by atoms with Gasteiger partial charge in [0, 0.05) is 12.5 Å². The van der Waals surface area contributed by atoms with Crippen molar-refractivity contribution in [1.82, 2.24) is 4.90 Å². The van der Waals surface area contributed by atoms with E-state index in [1.54, 1.807) is 7.11 Å². The van der Waals surface area contributed by atoms with E-state index in [1.165, 1.54) is 24.8 Å². The zero-order valence-corrected chi connectivity index (χ0v) is 15.7. The molecule has 1 N–H and O–H groups in total. The van der Waals surface area contributed by atoms with Crippen LogP contribution in [-0.4, -0.2) is 36.8 Å². The van der Waals surface area contributed by atoms with Crippen molar-refractivity contribution in [1.29, 1.82) is 0 Å². The van der Waals surface area contributed by atoms with Crippen LogP contribution in [0.1, 0.15) is 42.4 Å². The molecule has 138 valence electrons. The molecule has 1 aliphatic heterocycles.